The fourth-order valence-electron chi connectivity index (χ4n) is 12.6. The average molecular weight is 1190 g/mol. The maximum atomic E-state index is 12.6. The molecule has 0 heterocycles. The van der Waals surface area contributed by atoms with Crippen molar-refractivity contribution in [3.05, 3.63) is 12.2 Å². The number of rotatable bonds is 74. The third-order valence-electron chi connectivity index (χ3n) is 18.6. The summed E-state index contributed by atoms with van der Waals surface area (Å²) in [7, 11) is 0. The number of esters is 1. The second-order valence-corrected chi connectivity index (χ2v) is 27.0. The molecule has 0 radical (unpaired) electrons. The molecule has 2 unspecified atom stereocenters. The summed E-state index contributed by atoms with van der Waals surface area (Å²) in [5, 5.41) is 23.5. The molecule has 0 aliphatic carbocycles. The van der Waals surface area contributed by atoms with Gasteiger partial charge in [0.1, 0.15) is 0 Å². The summed E-state index contributed by atoms with van der Waals surface area (Å²) in [6.45, 7) is 5.00. The molecule has 84 heavy (non-hydrogen) atoms. The summed E-state index contributed by atoms with van der Waals surface area (Å²) in [5.74, 6) is -0.0111. The minimum atomic E-state index is -0.665. The maximum Gasteiger partial charge on any atom is 0.305 e. The molecule has 0 aromatic rings. The third-order valence-corrected chi connectivity index (χ3v) is 18.6. The molecule has 6 nitrogen and oxygen atoms in total. The summed E-state index contributed by atoms with van der Waals surface area (Å²) < 4.78 is 5.52. The average Bonchev–Trinajstić information content (AvgIpc) is 3.51. The van der Waals surface area contributed by atoms with E-state index >= 15 is 0 Å². The number of unbranched alkanes of at least 4 members (excludes halogenated alkanes) is 61. The van der Waals surface area contributed by atoms with Gasteiger partial charge in [0, 0.05) is 12.8 Å². The molecule has 0 saturated heterocycles. The number of hydrogen-bond donors (Lipinski definition) is 3. The molecular formula is C78H153NO5. The van der Waals surface area contributed by atoms with Gasteiger partial charge in [-0.05, 0) is 51.4 Å². The van der Waals surface area contributed by atoms with E-state index in [2.05, 4.69) is 31.3 Å². The van der Waals surface area contributed by atoms with E-state index in [1.807, 2.05) is 0 Å². The quantitative estimate of drug-likeness (QED) is 0.0320. The first kappa shape index (κ1) is 82.6. The van der Waals surface area contributed by atoms with Crippen LogP contribution < -0.4 is 5.32 Å². The van der Waals surface area contributed by atoms with Gasteiger partial charge in [-0.3, -0.25) is 9.59 Å². The first-order chi connectivity index (χ1) is 41.5. The highest BCUT2D eigenvalue weighted by atomic mass is 16.5. The van der Waals surface area contributed by atoms with Crippen LogP contribution in [0.2, 0.25) is 0 Å². The topological polar surface area (TPSA) is 95.9 Å². The van der Waals surface area contributed by atoms with Gasteiger partial charge in [-0.15, -0.1) is 0 Å². The zero-order valence-corrected chi connectivity index (χ0v) is 57.4. The SMILES string of the molecule is CCCCCCCC/C=C\CCCCCCCCCCCC(=O)OCCCCCCCCCCCCCCCCCCCCCCCCCCC(=O)NC(CO)C(O)CCCCCCCCCCCCCCCCCCCCCCCCCC. The third kappa shape index (κ3) is 69.7. The number of aliphatic hydroxyl groups excluding tert-OH is 2. The number of nitrogens with one attached hydrogen (secondary N) is 1. The fraction of sp³-hybridized carbons (Fsp3) is 0.949. The summed E-state index contributed by atoms with van der Waals surface area (Å²) in [4.78, 5) is 24.7. The predicted octanol–water partition coefficient (Wildman–Crippen LogP) is 25.5. The molecular weight excluding hydrogens is 1030 g/mol. The van der Waals surface area contributed by atoms with Gasteiger partial charge in [0.05, 0.1) is 25.4 Å². The van der Waals surface area contributed by atoms with E-state index in [9.17, 15) is 19.8 Å². The van der Waals surface area contributed by atoms with Crippen molar-refractivity contribution < 1.29 is 24.5 Å². The highest BCUT2D eigenvalue weighted by Gasteiger charge is 2.20. The van der Waals surface area contributed by atoms with Gasteiger partial charge < -0.3 is 20.3 Å². The second kappa shape index (κ2) is 74.1. The zero-order valence-electron chi connectivity index (χ0n) is 57.4. The predicted molar refractivity (Wildman–Crippen MR) is 370 cm³/mol. The molecule has 0 aromatic carbocycles. The number of allylic oxidation sites excluding steroid dienone is 2. The highest BCUT2D eigenvalue weighted by molar-refractivity contribution is 5.76. The maximum absolute atomic E-state index is 12.6. The van der Waals surface area contributed by atoms with Crippen LogP contribution in [0, 0.1) is 0 Å². The summed E-state index contributed by atoms with van der Waals surface area (Å²) >= 11 is 0. The summed E-state index contributed by atoms with van der Waals surface area (Å²) in [6, 6.07) is -0.542. The monoisotopic (exact) mass is 1180 g/mol. The van der Waals surface area contributed by atoms with E-state index in [1.165, 1.54) is 379 Å². The summed E-state index contributed by atoms with van der Waals surface area (Å²) in [5.41, 5.74) is 0. The zero-order chi connectivity index (χ0) is 60.6. The Morgan fingerprint density at radius 3 is 0.845 bits per heavy atom. The number of amides is 1. The Kier molecular flexibility index (Phi) is 72.8. The van der Waals surface area contributed by atoms with Crippen molar-refractivity contribution in [2.45, 2.75) is 463 Å². The lowest BCUT2D eigenvalue weighted by Crippen LogP contribution is -2.45. The van der Waals surface area contributed by atoms with Crippen molar-refractivity contribution in [3.8, 4) is 0 Å². The lowest BCUT2D eigenvalue weighted by molar-refractivity contribution is -0.143. The van der Waals surface area contributed by atoms with Crippen molar-refractivity contribution in [1.82, 2.24) is 5.32 Å². The largest absolute Gasteiger partial charge is 0.466 e. The molecule has 0 bridgehead atoms. The second-order valence-electron chi connectivity index (χ2n) is 27.0. The van der Waals surface area contributed by atoms with Gasteiger partial charge in [0.25, 0.3) is 0 Å². The first-order valence-corrected chi connectivity index (χ1v) is 38.9. The Morgan fingerprint density at radius 2 is 0.560 bits per heavy atom. The molecule has 500 valence electrons. The van der Waals surface area contributed by atoms with Gasteiger partial charge in [-0.1, -0.05) is 398 Å². The van der Waals surface area contributed by atoms with Crippen LogP contribution in [-0.4, -0.2) is 47.4 Å². The van der Waals surface area contributed by atoms with Crippen LogP contribution in [0.3, 0.4) is 0 Å². The van der Waals surface area contributed by atoms with Gasteiger partial charge in [0.15, 0.2) is 0 Å². The summed E-state index contributed by atoms with van der Waals surface area (Å²) in [6.07, 6.45) is 92.9. The van der Waals surface area contributed by atoms with Crippen LogP contribution in [0.4, 0.5) is 0 Å². The number of hydrogen-bond acceptors (Lipinski definition) is 5. The lowest BCUT2D eigenvalue weighted by atomic mass is 10.0. The normalized spacial score (nSPS) is 12.5. The van der Waals surface area contributed by atoms with Crippen molar-refractivity contribution in [1.29, 1.82) is 0 Å². The fourth-order valence-corrected chi connectivity index (χ4v) is 12.6. The van der Waals surface area contributed by atoms with E-state index in [4.69, 9.17) is 4.74 Å². The van der Waals surface area contributed by atoms with Gasteiger partial charge >= 0.3 is 5.97 Å². The molecule has 6 heteroatoms. The van der Waals surface area contributed by atoms with Crippen molar-refractivity contribution in [3.63, 3.8) is 0 Å². The molecule has 0 rings (SSSR count). The number of carbonyl (C=O) groups is 2. The van der Waals surface area contributed by atoms with E-state index in [-0.39, 0.29) is 18.5 Å². The van der Waals surface area contributed by atoms with Crippen molar-refractivity contribution in [2.75, 3.05) is 13.2 Å². The number of carbonyl (C=O) groups excluding carboxylic acids is 2. The Hall–Kier alpha value is -1.40. The van der Waals surface area contributed by atoms with E-state index in [0.717, 1.165) is 38.5 Å². The van der Waals surface area contributed by atoms with Gasteiger partial charge in [-0.2, -0.15) is 0 Å². The highest BCUT2D eigenvalue weighted by Crippen LogP contribution is 2.20. The Morgan fingerprint density at radius 1 is 0.321 bits per heavy atom. The molecule has 1 amide bonds. The van der Waals surface area contributed by atoms with Gasteiger partial charge in [0.2, 0.25) is 5.91 Å². The molecule has 0 spiro atoms. The first-order valence-electron chi connectivity index (χ1n) is 38.9. The van der Waals surface area contributed by atoms with Crippen LogP contribution in [0.15, 0.2) is 12.2 Å². The lowest BCUT2D eigenvalue weighted by Gasteiger charge is -2.22. The minimum absolute atomic E-state index is 0.0167. The molecule has 0 aromatic heterocycles. The molecule has 2 atom stereocenters. The van der Waals surface area contributed by atoms with Crippen LogP contribution in [0.5, 0.6) is 0 Å². The van der Waals surface area contributed by atoms with Crippen LogP contribution >= 0.6 is 0 Å². The van der Waals surface area contributed by atoms with Crippen molar-refractivity contribution in [2.24, 2.45) is 0 Å². The van der Waals surface area contributed by atoms with E-state index in [0.29, 0.717) is 25.9 Å². The molecule has 0 saturated carbocycles. The molecule has 0 fully saturated rings. The van der Waals surface area contributed by atoms with Crippen LogP contribution in [0.25, 0.3) is 0 Å². The number of ether oxygens (including phenoxy) is 1. The number of aliphatic hydroxyl groups is 2. The standard InChI is InChI=1S/C78H153NO5/c1-3-5-7-9-11-13-15-17-19-21-23-24-25-28-31-35-38-42-46-50-54-58-62-66-70-76(81)75(74-80)79-77(82)71-67-63-59-55-51-47-43-39-36-32-29-26-27-30-33-37-41-45-49-53-57-61-65-69-73-84-78(83)72-68-64-60-56-52-48-44-40-34-22-20-18-16-14-12-10-8-6-4-2/h18,20,75-76,80-81H,3-17,19,21-74H2,1-2H3,(H,79,82)/b20-18-. The smallest absolute Gasteiger partial charge is 0.305 e. The molecule has 0 aliphatic heterocycles. The van der Waals surface area contributed by atoms with Crippen LogP contribution in [0.1, 0.15) is 450 Å². The van der Waals surface area contributed by atoms with E-state index in [1.54, 1.807) is 0 Å². The van der Waals surface area contributed by atoms with Gasteiger partial charge in [-0.25, -0.2) is 0 Å². The Balaban J connectivity index is 3.35. The molecule has 3 N–H and O–H groups in total. The van der Waals surface area contributed by atoms with Crippen LogP contribution in [-0.2, 0) is 14.3 Å². The minimum Gasteiger partial charge on any atom is -0.466 e. The Bertz CT molecular complexity index is 1270. The van der Waals surface area contributed by atoms with E-state index < -0.39 is 12.1 Å². The molecule has 0 aliphatic rings. The van der Waals surface area contributed by atoms with Crippen molar-refractivity contribution >= 4 is 11.9 Å². The Labute approximate surface area is 527 Å².